The molecule has 17 heavy (non-hydrogen) atoms. The van der Waals surface area contributed by atoms with Gasteiger partial charge in [0.15, 0.2) is 11.3 Å². The van der Waals surface area contributed by atoms with Gasteiger partial charge in [0, 0.05) is 12.4 Å². The maximum atomic E-state index is 12.8. The second kappa shape index (κ2) is 3.19. The van der Waals surface area contributed by atoms with Gasteiger partial charge in [-0.2, -0.15) is 13.2 Å². The molecule has 86 valence electrons. The molecule has 0 aliphatic rings. The zero-order valence-corrected chi connectivity index (χ0v) is 8.44. The predicted octanol–water partition coefficient (Wildman–Crippen LogP) is 2.90. The number of nitrogens with zero attached hydrogens (tertiary/aromatic N) is 3. The second-order valence-electron chi connectivity index (χ2n) is 3.57. The summed E-state index contributed by atoms with van der Waals surface area (Å²) in [6.07, 6.45) is -1.49. The van der Waals surface area contributed by atoms with Crippen LogP contribution in [0.1, 0.15) is 5.69 Å². The molecule has 0 aliphatic carbocycles. The number of halogens is 3. The Bertz CT molecular complexity index is 700. The summed E-state index contributed by atoms with van der Waals surface area (Å²) in [6, 6.07) is 6.29. The lowest BCUT2D eigenvalue weighted by Gasteiger charge is -2.09. The van der Waals surface area contributed by atoms with Crippen LogP contribution in [0, 0.1) is 0 Å². The van der Waals surface area contributed by atoms with Gasteiger partial charge in [-0.05, 0) is 24.3 Å². The molecule has 0 atom stereocenters. The molecule has 0 N–H and O–H groups in total. The molecule has 0 radical (unpaired) electrons. The maximum Gasteiger partial charge on any atom is 0.435 e. The van der Waals surface area contributed by atoms with Crippen LogP contribution < -0.4 is 0 Å². The summed E-state index contributed by atoms with van der Waals surface area (Å²) < 4.78 is 39.9. The van der Waals surface area contributed by atoms with Gasteiger partial charge in [-0.1, -0.05) is 0 Å². The summed E-state index contributed by atoms with van der Waals surface area (Å²) in [5, 5.41) is 0. The summed E-state index contributed by atoms with van der Waals surface area (Å²) in [5.74, 6) is 0. The predicted molar refractivity (Wildman–Crippen MR) is 55.5 cm³/mol. The van der Waals surface area contributed by atoms with Crippen molar-refractivity contribution in [1.29, 1.82) is 0 Å². The average molecular weight is 237 g/mol. The number of alkyl halides is 3. The molecule has 0 aliphatic heterocycles. The van der Waals surface area contributed by atoms with E-state index in [1.807, 2.05) is 0 Å². The first kappa shape index (κ1) is 10.1. The monoisotopic (exact) mass is 237 g/mol. The third kappa shape index (κ3) is 1.44. The van der Waals surface area contributed by atoms with E-state index in [0.717, 1.165) is 0 Å². The van der Waals surface area contributed by atoms with Crippen LogP contribution in [-0.2, 0) is 6.18 Å². The highest BCUT2D eigenvalue weighted by Gasteiger charge is 2.35. The summed E-state index contributed by atoms with van der Waals surface area (Å²) >= 11 is 0. The highest BCUT2D eigenvalue weighted by atomic mass is 19.4. The van der Waals surface area contributed by atoms with E-state index in [0.29, 0.717) is 5.52 Å². The number of fused-ring (bicyclic) bond motifs is 3. The standard InChI is InChI=1S/C11H6F3N3/c12-11(13,14)9-7-4-2-6-17(7)8-3-1-5-15-10(8)16-9/h1-6H. The molecule has 0 spiro atoms. The molecule has 0 amide bonds. The number of hydrogen-bond donors (Lipinski definition) is 0. The van der Waals surface area contributed by atoms with E-state index in [1.165, 1.54) is 16.7 Å². The van der Waals surface area contributed by atoms with E-state index in [2.05, 4.69) is 9.97 Å². The van der Waals surface area contributed by atoms with Gasteiger partial charge in [0.2, 0.25) is 0 Å². The molecule has 3 nitrogen and oxygen atoms in total. The van der Waals surface area contributed by atoms with Crippen molar-refractivity contribution < 1.29 is 13.2 Å². The molecule has 0 saturated carbocycles. The Kier molecular flexibility index (Phi) is 1.89. The van der Waals surface area contributed by atoms with Crippen LogP contribution in [0.2, 0.25) is 0 Å². The lowest BCUT2D eigenvalue weighted by molar-refractivity contribution is -0.139. The Morgan fingerprint density at radius 2 is 1.82 bits per heavy atom. The normalized spacial score (nSPS) is 12.4. The van der Waals surface area contributed by atoms with Gasteiger partial charge in [-0.25, -0.2) is 9.97 Å². The fourth-order valence-corrected chi connectivity index (χ4v) is 1.82. The van der Waals surface area contributed by atoms with E-state index in [9.17, 15) is 13.2 Å². The van der Waals surface area contributed by atoms with Crippen molar-refractivity contribution in [2.24, 2.45) is 0 Å². The van der Waals surface area contributed by atoms with Crippen molar-refractivity contribution in [2.75, 3.05) is 0 Å². The van der Waals surface area contributed by atoms with E-state index in [-0.39, 0.29) is 11.2 Å². The van der Waals surface area contributed by atoms with Crippen LogP contribution >= 0.6 is 0 Å². The first-order chi connectivity index (χ1) is 8.07. The third-order valence-electron chi connectivity index (χ3n) is 2.50. The highest BCUT2D eigenvalue weighted by molar-refractivity contribution is 5.76. The summed E-state index contributed by atoms with van der Waals surface area (Å²) in [7, 11) is 0. The maximum absolute atomic E-state index is 12.8. The number of pyridine rings is 1. The van der Waals surface area contributed by atoms with Crippen molar-refractivity contribution in [3.63, 3.8) is 0 Å². The van der Waals surface area contributed by atoms with Crippen LogP contribution in [0.5, 0.6) is 0 Å². The number of aromatic nitrogens is 3. The minimum atomic E-state index is -4.48. The van der Waals surface area contributed by atoms with Gasteiger partial charge >= 0.3 is 6.18 Å². The van der Waals surface area contributed by atoms with Gasteiger partial charge in [-0.3, -0.25) is 0 Å². The van der Waals surface area contributed by atoms with Crippen molar-refractivity contribution in [2.45, 2.75) is 6.18 Å². The first-order valence-electron chi connectivity index (χ1n) is 4.86. The van der Waals surface area contributed by atoms with Gasteiger partial charge < -0.3 is 4.40 Å². The Morgan fingerprint density at radius 3 is 2.59 bits per heavy atom. The summed E-state index contributed by atoms with van der Waals surface area (Å²) in [5.41, 5.74) is -0.226. The van der Waals surface area contributed by atoms with Crippen molar-refractivity contribution in [3.8, 4) is 0 Å². The minimum absolute atomic E-state index is 0.0398. The molecule has 3 aromatic heterocycles. The zero-order chi connectivity index (χ0) is 12.0. The largest absolute Gasteiger partial charge is 0.435 e. The minimum Gasteiger partial charge on any atom is -0.312 e. The molecule has 3 rings (SSSR count). The second-order valence-corrected chi connectivity index (χ2v) is 3.57. The van der Waals surface area contributed by atoms with Crippen molar-refractivity contribution in [3.05, 3.63) is 42.4 Å². The molecule has 6 heteroatoms. The molecular formula is C11H6F3N3. The van der Waals surface area contributed by atoms with E-state index in [1.54, 1.807) is 24.4 Å². The average Bonchev–Trinajstić information content (AvgIpc) is 2.75. The van der Waals surface area contributed by atoms with Crippen molar-refractivity contribution >= 4 is 16.7 Å². The molecule has 3 heterocycles. The molecule has 0 aromatic carbocycles. The molecular weight excluding hydrogens is 231 g/mol. The van der Waals surface area contributed by atoms with Crippen LogP contribution in [0.4, 0.5) is 13.2 Å². The smallest absolute Gasteiger partial charge is 0.312 e. The third-order valence-corrected chi connectivity index (χ3v) is 2.50. The highest BCUT2D eigenvalue weighted by Crippen LogP contribution is 2.32. The Hall–Kier alpha value is -2.11. The molecule has 3 aromatic rings. The molecule has 0 bridgehead atoms. The van der Waals surface area contributed by atoms with Crippen LogP contribution in [-0.4, -0.2) is 14.4 Å². The number of rotatable bonds is 0. The molecule has 0 unspecified atom stereocenters. The first-order valence-corrected chi connectivity index (χ1v) is 4.86. The fraction of sp³-hybridized carbons (Fsp3) is 0.0909. The summed E-state index contributed by atoms with van der Waals surface area (Å²) in [4.78, 5) is 7.44. The lowest BCUT2D eigenvalue weighted by atomic mass is 10.3. The van der Waals surface area contributed by atoms with E-state index < -0.39 is 11.9 Å². The van der Waals surface area contributed by atoms with Crippen LogP contribution in [0.15, 0.2) is 36.7 Å². The van der Waals surface area contributed by atoms with Crippen molar-refractivity contribution in [1.82, 2.24) is 14.4 Å². The Balaban J connectivity index is 2.53. The molecule has 0 saturated heterocycles. The quantitative estimate of drug-likeness (QED) is 0.601. The van der Waals surface area contributed by atoms with Gasteiger partial charge in [0.1, 0.15) is 0 Å². The summed E-state index contributed by atoms with van der Waals surface area (Å²) in [6.45, 7) is 0. The topological polar surface area (TPSA) is 30.2 Å². The van der Waals surface area contributed by atoms with Gasteiger partial charge in [0.25, 0.3) is 0 Å². The van der Waals surface area contributed by atoms with Gasteiger partial charge in [-0.15, -0.1) is 0 Å². The van der Waals surface area contributed by atoms with E-state index >= 15 is 0 Å². The van der Waals surface area contributed by atoms with E-state index in [4.69, 9.17) is 0 Å². The SMILES string of the molecule is FC(F)(F)c1nc2ncccc2n2cccc12. The van der Waals surface area contributed by atoms with Crippen LogP contribution in [0.3, 0.4) is 0 Å². The number of hydrogen-bond acceptors (Lipinski definition) is 2. The van der Waals surface area contributed by atoms with Crippen LogP contribution in [0.25, 0.3) is 16.7 Å². The Labute approximate surface area is 93.5 Å². The zero-order valence-electron chi connectivity index (χ0n) is 8.44. The fourth-order valence-electron chi connectivity index (χ4n) is 1.82. The Morgan fingerprint density at radius 1 is 1.06 bits per heavy atom. The lowest BCUT2D eigenvalue weighted by Crippen LogP contribution is -2.11. The molecule has 0 fully saturated rings. The van der Waals surface area contributed by atoms with Gasteiger partial charge in [0.05, 0.1) is 11.0 Å².